The molecule has 9 nitrogen and oxygen atoms in total. The number of carbonyl (C=O) groups is 1. The summed E-state index contributed by atoms with van der Waals surface area (Å²) >= 11 is 0. The fourth-order valence-electron chi connectivity index (χ4n) is 3.94. The van der Waals surface area contributed by atoms with Crippen LogP contribution in [0.15, 0.2) is 43.0 Å². The Balaban J connectivity index is 1.46. The third-order valence-electron chi connectivity index (χ3n) is 5.44. The van der Waals surface area contributed by atoms with Gasteiger partial charge in [0.15, 0.2) is 11.5 Å². The van der Waals surface area contributed by atoms with Gasteiger partial charge in [-0.05, 0) is 18.4 Å². The van der Waals surface area contributed by atoms with E-state index in [1.807, 2.05) is 30.3 Å². The Bertz CT molecular complexity index is 992. The number of amides is 1. The van der Waals surface area contributed by atoms with Crippen LogP contribution in [0.25, 0.3) is 11.2 Å². The lowest BCUT2D eigenvalue weighted by atomic mass is 9.85. The van der Waals surface area contributed by atoms with E-state index in [1.54, 1.807) is 17.9 Å². The minimum atomic E-state index is -1.09. The summed E-state index contributed by atoms with van der Waals surface area (Å²) in [5.41, 5.74) is 2.10. The van der Waals surface area contributed by atoms with E-state index in [1.165, 1.54) is 6.33 Å². The zero-order chi connectivity index (χ0) is 20.4. The molecule has 2 heterocycles. The summed E-state index contributed by atoms with van der Waals surface area (Å²) < 4.78 is 1.77. The van der Waals surface area contributed by atoms with Gasteiger partial charge in [0.1, 0.15) is 24.1 Å². The minimum absolute atomic E-state index is 0.176. The average molecular weight is 396 g/mol. The maximum Gasteiger partial charge on any atom is 0.224 e. The molecule has 152 valence electrons. The van der Waals surface area contributed by atoms with Gasteiger partial charge < -0.3 is 25.4 Å². The third-order valence-corrected chi connectivity index (χ3v) is 5.44. The van der Waals surface area contributed by atoms with Crippen molar-refractivity contribution in [3.8, 4) is 0 Å². The molecular formula is C20H24N6O3. The predicted octanol–water partition coefficient (Wildman–Crippen LogP) is 0.652. The van der Waals surface area contributed by atoms with Crippen LogP contribution in [0.4, 0.5) is 5.82 Å². The Kier molecular flexibility index (Phi) is 5.41. The van der Waals surface area contributed by atoms with Gasteiger partial charge >= 0.3 is 0 Å². The topological polar surface area (TPSA) is 125 Å². The molecule has 0 bridgehead atoms. The molecule has 0 saturated heterocycles. The summed E-state index contributed by atoms with van der Waals surface area (Å²) in [7, 11) is 1.75. The molecule has 29 heavy (non-hydrogen) atoms. The summed E-state index contributed by atoms with van der Waals surface area (Å²) in [6, 6.07) is 8.52. The Morgan fingerprint density at radius 2 is 1.93 bits per heavy atom. The van der Waals surface area contributed by atoms with Crippen LogP contribution < -0.4 is 10.6 Å². The van der Waals surface area contributed by atoms with Crippen LogP contribution in [0.3, 0.4) is 0 Å². The Hall–Kier alpha value is -3.04. The van der Waals surface area contributed by atoms with Crippen LogP contribution in [0.1, 0.15) is 24.4 Å². The van der Waals surface area contributed by atoms with Crippen LogP contribution in [0.5, 0.6) is 0 Å². The van der Waals surface area contributed by atoms with Gasteiger partial charge in [-0.1, -0.05) is 30.3 Å². The van der Waals surface area contributed by atoms with E-state index >= 15 is 0 Å². The molecule has 4 atom stereocenters. The van der Waals surface area contributed by atoms with E-state index in [0.717, 1.165) is 5.56 Å². The van der Waals surface area contributed by atoms with Gasteiger partial charge in [0.05, 0.1) is 24.8 Å². The first-order valence-corrected chi connectivity index (χ1v) is 9.63. The van der Waals surface area contributed by atoms with E-state index in [4.69, 9.17) is 0 Å². The first-order chi connectivity index (χ1) is 14.1. The maximum atomic E-state index is 12.3. The zero-order valence-electron chi connectivity index (χ0n) is 16.1. The van der Waals surface area contributed by atoms with Crippen LogP contribution >= 0.6 is 0 Å². The number of hydrogen-bond donors (Lipinski definition) is 4. The molecule has 1 fully saturated rings. The van der Waals surface area contributed by atoms with Gasteiger partial charge in [-0.15, -0.1) is 0 Å². The summed E-state index contributed by atoms with van der Waals surface area (Å²) in [5, 5.41) is 27.2. The number of fused-ring (bicyclic) bond motifs is 1. The van der Waals surface area contributed by atoms with E-state index in [-0.39, 0.29) is 12.3 Å². The predicted molar refractivity (Wildman–Crippen MR) is 107 cm³/mol. The van der Waals surface area contributed by atoms with Crippen molar-refractivity contribution in [3.05, 3.63) is 48.5 Å². The second-order valence-corrected chi connectivity index (χ2v) is 7.26. The molecule has 4 rings (SSSR count). The molecule has 0 spiro atoms. The van der Waals surface area contributed by atoms with Crippen molar-refractivity contribution < 1.29 is 15.0 Å². The number of carbonyl (C=O) groups excluding carboxylic acids is 1. The monoisotopic (exact) mass is 396 g/mol. The highest BCUT2D eigenvalue weighted by atomic mass is 16.3. The van der Waals surface area contributed by atoms with Crippen LogP contribution in [0, 0.1) is 0 Å². The molecule has 0 unspecified atom stereocenters. The lowest BCUT2D eigenvalue weighted by molar-refractivity contribution is -0.124. The fourth-order valence-corrected chi connectivity index (χ4v) is 3.94. The molecule has 3 aromatic rings. The number of hydrogen-bond acceptors (Lipinski definition) is 7. The van der Waals surface area contributed by atoms with Crippen molar-refractivity contribution in [1.82, 2.24) is 24.8 Å². The zero-order valence-corrected chi connectivity index (χ0v) is 16.1. The average Bonchev–Trinajstić information content (AvgIpc) is 3.16. The molecule has 4 N–H and O–H groups in total. The Labute approximate surface area is 167 Å². The van der Waals surface area contributed by atoms with Gasteiger partial charge in [-0.3, -0.25) is 4.79 Å². The second kappa shape index (κ2) is 8.14. The molecule has 1 aliphatic carbocycles. The third kappa shape index (κ3) is 3.79. The summed E-state index contributed by atoms with van der Waals surface area (Å²) in [6.07, 6.45) is 2.23. The van der Waals surface area contributed by atoms with Gasteiger partial charge in [0, 0.05) is 7.05 Å². The number of nitrogens with zero attached hydrogens (tertiary/aromatic N) is 4. The summed E-state index contributed by atoms with van der Waals surface area (Å²) in [4.78, 5) is 25.1. The van der Waals surface area contributed by atoms with Crippen LogP contribution in [0.2, 0.25) is 0 Å². The Morgan fingerprint density at radius 1 is 1.14 bits per heavy atom. The number of anilines is 1. The highest BCUT2D eigenvalue weighted by molar-refractivity contribution is 5.82. The number of aromatic nitrogens is 4. The molecule has 9 heteroatoms. The van der Waals surface area contributed by atoms with Crippen molar-refractivity contribution in [2.75, 3.05) is 12.4 Å². The van der Waals surface area contributed by atoms with Gasteiger partial charge in [0.2, 0.25) is 5.91 Å². The van der Waals surface area contributed by atoms with Crippen molar-refractivity contribution in [3.63, 3.8) is 0 Å². The first kappa shape index (κ1) is 19.3. The van der Waals surface area contributed by atoms with Crippen molar-refractivity contribution in [2.24, 2.45) is 0 Å². The van der Waals surface area contributed by atoms with E-state index in [2.05, 4.69) is 25.6 Å². The molecule has 0 radical (unpaired) electrons. The van der Waals surface area contributed by atoms with Gasteiger partial charge in [-0.25, -0.2) is 15.0 Å². The van der Waals surface area contributed by atoms with Crippen molar-refractivity contribution in [1.29, 1.82) is 0 Å². The fraction of sp³-hybridized carbons (Fsp3) is 0.400. The number of benzene rings is 1. The standard InChI is InChI=1S/C20H24N6O3/c1-21-19-16-20(23-10-22-19)26(11-24-16)14-8-7-13(17(28)18(14)29)25-15(27)9-12-5-3-2-4-6-12/h2-6,10-11,13-14,17-18,28-29H,7-9H2,1H3,(H,25,27)(H,21,22,23)/t13-,14-,17-,18-/m1/s1. The number of imidazole rings is 1. The smallest absolute Gasteiger partial charge is 0.224 e. The lowest BCUT2D eigenvalue weighted by Crippen LogP contribution is -2.54. The number of aliphatic hydroxyl groups excluding tert-OH is 2. The van der Waals surface area contributed by atoms with E-state index in [9.17, 15) is 15.0 Å². The maximum absolute atomic E-state index is 12.3. The van der Waals surface area contributed by atoms with Crippen LogP contribution in [-0.4, -0.2) is 60.9 Å². The highest BCUT2D eigenvalue weighted by Gasteiger charge is 2.39. The van der Waals surface area contributed by atoms with Crippen molar-refractivity contribution >= 4 is 22.9 Å². The molecule has 1 saturated carbocycles. The molecule has 0 aliphatic heterocycles. The van der Waals surface area contributed by atoms with E-state index < -0.39 is 24.3 Å². The lowest BCUT2D eigenvalue weighted by Gasteiger charge is -2.38. The molecule has 2 aromatic heterocycles. The largest absolute Gasteiger partial charge is 0.388 e. The van der Waals surface area contributed by atoms with E-state index in [0.29, 0.717) is 29.8 Å². The molecular weight excluding hydrogens is 372 g/mol. The number of rotatable bonds is 5. The molecule has 1 amide bonds. The van der Waals surface area contributed by atoms with Gasteiger partial charge in [-0.2, -0.15) is 0 Å². The molecule has 1 aliphatic rings. The van der Waals surface area contributed by atoms with Crippen LogP contribution in [-0.2, 0) is 11.2 Å². The van der Waals surface area contributed by atoms with Gasteiger partial charge in [0.25, 0.3) is 0 Å². The highest BCUT2D eigenvalue weighted by Crippen LogP contribution is 2.32. The van der Waals surface area contributed by atoms with Crippen molar-refractivity contribution in [2.45, 2.75) is 43.6 Å². The number of nitrogens with one attached hydrogen (secondary N) is 2. The number of aliphatic hydroxyl groups is 2. The summed E-state index contributed by atoms with van der Waals surface area (Å²) in [5.74, 6) is 0.427. The normalized spacial score (nSPS) is 24.4. The Morgan fingerprint density at radius 3 is 2.69 bits per heavy atom. The SMILES string of the molecule is CNc1ncnc2c1ncn2[C@@H]1CC[C@@H](NC(=O)Cc2ccccc2)[C@@H](O)[C@@H]1O. The second-order valence-electron chi connectivity index (χ2n) is 7.26. The summed E-state index contributed by atoms with van der Waals surface area (Å²) in [6.45, 7) is 0. The molecule has 1 aromatic carbocycles. The minimum Gasteiger partial charge on any atom is -0.388 e. The quantitative estimate of drug-likeness (QED) is 0.499. The first-order valence-electron chi connectivity index (χ1n) is 9.63.